The fourth-order valence-corrected chi connectivity index (χ4v) is 1.73. The van der Waals surface area contributed by atoms with Crippen LogP contribution in [0.2, 0.25) is 0 Å². The SMILES string of the molecule is Nc1[nH]ncc1C(=O)Nc1c[nH]c2ncccc12. The highest BCUT2D eigenvalue weighted by Gasteiger charge is 2.13. The van der Waals surface area contributed by atoms with Crippen LogP contribution in [0.3, 0.4) is 0 Å². The van der Waals surface area contributed by atoms with Gasteiger partial charge in [0.15, 0.2) is 0 Å². The molecule has 1 amide bonds. The van der Waals surface area contributed by atoms with E-state index in [9.17, 15) is 4.79 Å². The Labute approximate surface area is 101 Å². The van der Waals surface area contributed by atoms with E-state index in [4.69, 9.17) is 5.73 Å². The smallest absolute Gasteiger partial charge is 0.261 e. The van der Waals surface area contributed by atoms with Crippen LogP contribution in [-0.2, 0) is 0 Å². The van der Waals surface area contributed by atoms with E-state index in [0.717, 1.165) is 5.39 Å². The number of aromatic nitrogens is 4. The first-order chi connectivity index (χ1) is 8.75. The quantitative estimate of drug-likeness (QED) is 0.539. The number of carbonyl (C=O) groups excluding carboxylic acids is 1. The van der Waals surface area contributed by atoms with Crippen LogP contribution in [0.15, 0.2) is 30.7 Å². The number of pyridine rings is 1. The molecule has 0 fully saturated rings. The second kappa shape index (κ2) is 3.88. The van der Waals surface area contributed by atoms with Crippen molar-refractivity contribution in [2.75, 3.05) is 11.1 Å². The summed E-state index contributed by atoms with van der Waals surface area (Å²) >= 11 is 0. The molecule has 3 heterocycles. The van der Waals surface area contributed by atoms with Gasteiger partial charge in [0.2, 0.25) is 0 Å². The van der Waals surface area contributed by atoms with E-state index in [1.54, 1.807) is 18.5 Å². The van der Waals surface area contributed by atoms with Crippen molar-refractivity contribution >= 4 is 28.4 Å². The number of fused-ring (bicyclic) bond motifs is 1. The molecule has 7 heteroatoms. The third-order valence-corrected chi connectivity index (χ3v) is 2.61. The third-order valence-electron chi connectivity index (χ3n) is 2.61. The Bertz CT molecular complexity index is 713. The maximum absolute atomic E-state index is 12.0. The lowest BCUT2D eigenvalue weighted by atomic mass is 10.2. The van der Waals surface area contributed by atoms with Crippen LogP contribution in [0.1, 0.15) is 10.4 Å². The predicted octanol–water partition coefficient (Wildman–Crippen LogP) is 1.12. The molecule has 18 heavy (non-hydrogen) atoms. The third kappa shape index (κ3) is 1.58. The highest BCUT2D eigenvalue weighted by atomic mass is 16.1. The first-order valence-electron chi connectivity index (χ1n) is 5.28. The second-order valence-electron chi connectivity index (χ2n) is 3.75. The molecule has 7 nitrogen and oxygen atoms in total. The van der Waals surface area contributed by atoms with Crippen molar-refractivity contribution in [2.24, 2.45) is 0 Å². The molecule has 90 valence electrons. The van der Waals surface area contributed by atoms with Gasteiger partial charge in [0.05, 0.1) is 11.9 Å². The number of hydrogen-bond acceptors (Lipinski definition) is 4. The molecule has 0 bridgehead atoms. The van der Waals surface area contributed by atoms with Gasteiger partial charge < -0.3 is 16.0 Å². The van der Waals surface area contributed by atoms with Gasteiger partial charge in [-0.2, -0.15) is 5.10 Å². The van der Waals surface area contributed by atoms with Gasteiger partial charge >= 0.3 is 0 Å². The van der Waals surface area contributed by atoms with Crippen LogP contribution in [0.25, 0.3) is 11.0 Å². The van der Waals surface area contributed by atoms with Gasteiger partial charge in [0, 0.05) is 17.8 Å². The number of H-pyrrole nitrogens is 2. The van der Waals surface area contributed by atoms with Crippen molar-refractivity contribution in [1.29, 1.82) is 0 Å². The van der Waals surface area contributed by atoms with Gasteiger partial charge in [-0.1, -0.05) is 0 Å². The van der Waals surface area contributed by atoms with Gasteiger partial charge in [0.1, 0.15) is 17.0 Å². The normalized spacial score (nSPS) is 10.7. The van der Waals surface area contributed by atoms with Crippen molar-refractivity contribution in [3.8, 4) is 0 Å². The lowest BCUT2D eigenvalue weighted by Gasteiger charge is -2.01. The zero-order valence-electron chi connectivity index (χ0n) is 9.27. The molecule has 0 aliphatic heterocycles. The fourth-order valence-electron chi connectivity index (χ4n) is 1.73. The maximum atomic E-state index is 12.0. The molecule has 0 aliphatic carbocycles. The van der Waals surface area contributed by atoms with Crippen molar-refractivity contribution < 1.29 is 4.79 Å². The molecular formula is C11H10N6O. The van der Waals surface area contributed by atoms with E-state index < -0.39 is 0 Å². The van der Waals surface area contributed by atoms with Gasteiger partial charge in [-0.05, 0) is 12.1 Å². The molecule has 5 N–H and O–H groups in total. The molecule has 0 aromatic carbocycles. The molecule has 3 rings (SSSR count). The van der Waals surface area contributed by atoms with Crippen LogP contribution in [0.4, 0.5) is 11.5 Å². The Morgan fingerprint density at radius 3 is 3.11 bits per heavy atom. The molecule has 0 saturated carbocycles. The molecule has 3 aromatic rings. The van der Waals surface area contributed by atoms with E-state index in [1.807, 2.05) is 6.07 Å². The summed E-state index contributed by atoms with van der Waals surface area (Å²) in [5.41, 5.74) is 7.27. The number of nitrogens with zero attached hydrogens (tertiary/aromatic N) is 2. The Balaban J connectivity index is 1.93. The standard InChI is InChI=1S/C11H10N6O/c12-9-7(4-15-17-9)11(18)16-8-5-14-10-6(8)2-1-3-13-10/h1-5H,(H,13,14)(H,16,18)(H3,12,15,17). The lowest BCUT2D eigenvalue weighted by Crippen LogP contribution is -2.12. The molecule has 0 spiro atoms. The van der Waals surface area contributed by atoms with Gasteiger partial charge in [-0.15, -0.1) is 0 Å². The lowest BCUT2D eigenvalue weighted by molar-refractivity contribution is 0.102. The average molecular weight is 242 g/mol. The number of nitrogens with one attached hydrogen (secondary N) is 3. The molecule has 3 aromatic heterocycles. The number of hydrogen-bond donors (Lipinski definition) is 4. The summed E-state index contributed by atoms with van der Waals surface area (Å²) < 4.78 is 0. The number of aromatic amines is 2. The Kier molecular flexibility index (Phi) is 2.23. The highest BCUT2D eigenvalue weighted by molar-refractivity contribution is 6.10. The van der Waals surface area contributed by atoms with Gasteiger partial charge in [0.25, 0.3) is 5.91 Å². The summed E-state index contributed by atoms with van der Waals surface area (Å²) in [6.07, 6.45) is 4.75. The van der Waals surface area contributed by atoms with Gasteiger partial charge in [-0.25, -0.2) is 4.98 Å². The average Bonchev–Trinajstić information content (AvgIpc) is 2.97. The number of nitrogen functional groups attached to an aromatic ring is 1. The monoisotopic (exact) mass is 242 g/mol. The summed E-state index contributed by atoms with van der Waals surface area (Å²) in [5.74, 6) is -0.0727. The maximum Gasteiger partial charge on any atom is 0.261 e. The first-order valence-corrected chi connectivity index (χ1v) is 5.28. The predicted molar refractivity (Wildman–Crippen MR) is 67.0 cm³/mol. The fraction of sp³-hybridized carbons (Fsp3) is 0. The molecule has 0 saturated heterocycles. The number of nitrogens with two attached hydrogens (primary N) is 1. The van der Waals surface area contributed by atoms with E-state index >= 15 is 0 Å². The molecule has 0 atom stereocenters. The summed E-state index contributed by atoms with van der Waals surface area (Å²) in [5, 5.41) is 9.82. The Morgan fingerprint density at radius 2 is 2.33 bits per heavy atom. The topological polar surface area (TPSA) is 112 Å². The molecular weight excluding hydrogens is 232 g/mol. The minimum Gasteiger partial charge on any atom is -0.383 e. The van der Waals surface area contributed by atoms with Gasteiger partial charge in [-0.3, -0.25) is 9.89 Å². The van der Waals surface area contributed by atoms with Crippen LogP contribution in [0.5, 0.6) is 0 Å². The summed E-state index contributed by atoms with van der Waals surface area (Å²) in [6, 6.07) is 3.67. The second-order valence-corrected chi connectivity index (χ2v) is 3.75. The van der Waals surface area contributed by atoms with Crippen molar-refractivity contribution in [2.45, 2.75) is 0 Å². The number of carbonyl (C=O) groups is 1. The number of amides is 1. The largest absolute Gasteiger partial charge is 0.383 e. The summed E-state index contributed by atoms with van der Waals surface area (Å²) in [4.78, 5) is 19.1. The Morgan fingerprint density at radius 1 is 1.44 bits per heavy atom. The van der Waals surface area contributed by atoms with E-state index in [1.165, 1.54) is 6.20 Å². The van der Waals surface area contributed by atoms with Crippen LogP contribution in [0, 0.1) is 0 Å². The highest BCUT2D eigenvalue weighted by Crippen LogP contribution is 2.21. The molecule has 0 aliphatic rings. The zero-order valence-corrected chi connectivity index (χ0v) is 9.27. The van der Waals surface area contributed by atoms with Crippen LogP contribution < -0.4 is 11.1 Å². The number of anilines is 2. The van der Waals surface area contributed by atoms with Crippen molar-refractivity contribution in [3.05, 3.63) is 36.3 Å². The Hall–Kier alpha value is -2.83. The number of rotatable bonds is 2. The van der Waals surface area contributed by atoms with E-state index in [2.05, 4.69) is 25.5 Å². The van der Waals surface area contributed by atoms with E-state index in [-0.39, 0.29) is 11.7 Å². The van der Waals surface area contributed by atoms with Crippen molar-refractivity contribution in [3.63, 3.8) is 0 Å². The van der Waals surface area contributed by atoms with E-state index in [0.29, 0.717) is 16.9 Å². The van der Waals surface area contributed by atoms with Crippen LogP contribution in [-0.4, -0.2) is 26.1 Å². The summed E-state index contributed by atoms with van der Waals surface area (Å²) in [7, 11) is 0. The first kappa shape index (κ1) is 10.3. The minimum absolute atomic E-state index is 0.241. The molecule has 0 unspecified atom stereocenters. The summed E-state index contributed by atoms with van der Waals surface area (Å²) in [6.45, 7) is 0. The minimum atomic E-state index is -0.314. The van der Waals surface area contributed by atoms with Crippen LogP contribution >= 0.6 is 0 Å². The van der Waals surface area contributed by atoms with Crippen molar-refractivity contribution in [1.82, 2.24) is 20.2 Å². The zero-order chi connectivity index (χ0) is 12.5. The molecule has 0 radical (unpaired) electrons.